The number of likely N-dealkylation sites (tertiary alicyclic amines) is 2. The minimum Gasteiger partial charge on any atom is -0.474 e. The molecule has 0 unspecified atom stereocenters. The Balaban J connectivity index is 1.81. The molecule has 0 saturated carbocycles. The number of amides is 1. The number of carboxylic acids is 1. The molecule has 2 aliphatic rings. The van der Waals surface area contributed by atoms with Gasteiger partial charge in [-0.1, -0.05) is 6.42 Å². The summed E-state index contributed by atoms with van der Waals surface area (Å²) < 4.78 is 0. The third-order valence-corrected chi connectivity index (χ3v) is 3.84. The zero-order chi connectivity index (χ0) is 12.3. The van der Waals surface area contributed by atoms with Crippen molar-refractivity contribution in [3.05, 3.63) is 0 Å². The Morgan fingerprint density at radius 3 is 2.06 bits per heavy atom. The maximum absolute atomic E-state index is 11.3. The largest absolute Gasteiger partial charge is 0.474 e. The van der Waals surface area contributed by atoms with E-state index in [1.165, 1.54) is 24.2 Å². The van der Waals surface area contributed by atoms with Crippen molar-refractivity contribution in [3.8, 4) is 0 Å². The summed E-state index contributed by atoms with van der Waals surface area (Å²) >= 11 is 0. The van der Waals surface area contributed by atoms with Crippen LogP contribution < -0.4 is 0 Å². The van der Waals surface area contributed by atoms with Gasteiger partial charge in [-0.3, -0.25) is 4.79 Å². The van der Waals surface area contributed by atoms with E-state index in [1.807, 2.05) is 0 Å². The third-order valence-electron chi connectivity index (χ3n) is 3.84. The minimum atomic E-state index is -1.33. The topological polar surface area (TPSA) is 60.9 Å². The highest BCUT2D eigenvalue weighted by atomic mass is 16.4. The average Bonchev–Trinajstić information content (AvgIpc) is 2.39. The number of hydrogen-bond acceptors (Lipinski definition) is 3. The maximum Gasteiger partial charge on any atom is 0.394 e. The van der Waals surface area contributed by atoms with E-state index < -0.39 is 11.9 Å². The summed E-state index contributed by atoms with van der Waals surface area (Å²) in [6, 6.07) is 0.549. The Morgan fingerprint density at radius 1 is 0.941 bits per heavy atom. The highest BCUT2D eigenvalue weighted by Gasteiger charge is 2.29. The Kier molecular flexibility index (Phi) is 3.99. The van der Waals surface area contributed by atoms with Gasteiger partial charge in [0, 0.05) is 19.1 Å². The fourth-order valence-electron chi connectivity index (χ4n) is 2.85. The lowest BCUT2D eigenvalue weighted by atomic mass is 10.00. The van der Waals surface area contributed by atoms with Crippen molar-refractivity contribution in [1.82, 2.24) is 9.80 Å². The number of carboxylic acid groups (broad SMARTS) is 1. The van der Waals surface area contributed by atoms with Crippen LogP contribution in [0.3, 0.4) is 0 Å². The molecule has 0 radical (unpaired) electrons. The van der Waals surface area contributed by atoms with E-state index in [9.17, 15) is 9.59 Å². The van der Waals surface area contributed by atoms with Crippen LogP contribution in [0.2, 0.25) is 0 Å². The SMILES string of the molecule is O=C(O)C(=O)N1CCC(N2CCCCC2)CC1. The van der Waals surface area contributed by atoms with Gasteiger partial charge in [0.2, 0.25) is 0 Å². The first-order chi connectivity index (χ1) is 8.18. The minimum absolute atomic E-state index is 0.549. The molecule has 5 heteroatoms. The highest BCUT2D eigenvalue weighted by molar-refractivity contribution is 6.31. The summed E-state index contributed by atoms with van der Waals surface area (Å²) in [5, 5.41) is 8.65. The van der Waals surface area contributed by atoms with Crippen LogP contribution >= 0.6 is 0 Å². The normalized spacial score (nSPS) is 23.6. The maximum atomic E-state index is 11.3. The fraction of sp³-hybridized carbons (Fsp3) is 0.833. The second-order valence-electron chi connectivity index (χ2n) is 4.93. The molecule has 0 aliphatic carbocycles. The summed E-state index contributed by atoms with van der Waals surface area (Å²) in [5.41, 5.74) is 0. The predicted octanol–water partition coefficient (Wildman–Crippen LogP) is 0.548. The molecule has 2 aliphatic heterocycles. The molecule has 1 amide bonds. The summed E-state index contributed by atoms with van der Waals surface area (Å²) in [6.07, 6.45) is 5.70. The van der Waals surface area contributed by atoms with Crippen LogP contribution in [-0.4, -0.2) is 59.0 Å². The summed E-state index contributed by atoms with van der Waals surface area (Å²) in [5.74, 6) is -2.08. The van der Waals surface area contributed by atoms with Gasteiger partial charge >= 0.3 is 11.9 Å². The lowest BCUT2D eigenvalue weighted by Gasteiger charge is -2.39. The number of nitrogens with zero attached hydrogens (tertiary/aromatic N) is 2. The van der Waals surface area contributed by atoms with Gasteiger partial charge in [-0.25, -0.2) is 4.79 Å². The molecule has 0 aromatic heterocycles. The van der Waals surface area contributed by atoms with Crippen LogP contribution in [-0.2, 0) is 9.59 Å². The van der Waals surface area contributed by atoms with Crippen LogP contribution in [0.4, 0.5) is 0 Å². The van der Waals surface area contributed by atoms with Gasteiger partial charge in [-0.2, -0.15) is 0 Å². The van der Waals surface area contributed by atoms with Crippen molar-refractivity contribution in [2.24, 2.45) is 0 Å². The van der Waals surface area contributed by atoms with Gasteiger partial charge in [0.05, 0.1) is 0 Å². The molecule has 2 rings (SSSR count). The van der Waals surface area contributed by atoms with E-state index in [2.05, 4.69) is 4.90 Å². The second-order valence-corrected chi connectivity index (χ2v) is 4.93. The second kappa shape index (κ2) is 5.49. The fourth-order valence-corrected chi connectivity index (χ4v) is 2.85. The Bertz CT molecular complexity index is 292. The van der Waals surface area contributed by atoms with Crippen LogP contribution in [0, 0.1) is 0 Å². The molecule has 0 atom stereocenters. The molecule has 0 bridgehead atoms. The summed E-state index contributed by atoms with van der Waals surface area (Å²) in [7, 11) is 0. The predicted molar refractivity (Wildman–Crippen MR) is 62.7 cm³/mol. The van der Waals surface area contributed by atoms with Gasteiger partial charge in [0.25, 0.3) is 0 Å². The smallest absolute Gasteiger partial charge is 0.394 e. The monoisotopic (exact) mass is 240 g/mol. The lowest BCUT2D eigenvalue weighted by molar-refractivity contribution is -0.156. The number of rotatable bonds is 1. The van der Waals surface area contributed by atoms with Crippen molar-refractivity contribution in [2.75, 3.05) is 26.2 Å². The molecule has 0 spiro atoms. The molecular formula is C12H20N2O3. The number of carbonyl (C=O) groups excluding carboxylic acids is 1. The van der Waals surface area contributed by atoms with Crippen molar-refractivity contribution in [3.63, 3.8) is 0 Å². The van der Waals surface area contributed by atoms with Crippen molar-refractivity contribution < 1.29 is 14.7 Å². The lowest BCUT2D eigenvalue weighted by Crippen LogP contribution is -2.49. The van der Waals surface area contributed by atoms with E-state index >= 15 is 0 Å². The molecule has 5 nitrogen and oxygen atoms in total. The highest BCUT2D eigenvalue weighted by Crippen LogP contribution is 2.20. The third kappa shape index (κ3) is 2.97. The molecule has 2 fully saturated rings. The van der Waals surface area contributed by atoms with Crippen LogP contribution in [0.5, 0.6) is 0 Å². The zero-order valence-corrected chi connectivity index (χ0v) is 10.1. The molecule has 0 aromatic carbocycles. The molecule has 2 heterocycles. The van der Waals surface area contributed by atoms with E-state index in [0.717, 1.165) is 25.9 Å². The zero-order valence-electron chi connectivity index (χ0n) is 10.1. The van der Waals surface area contributed by atoms with Crippen molar-refractivity contribution in [2.45, 2.75) is 38.1 Å². The van der Waals surface area contributed by atoms with Gasteiger partial charge in [-0.05, 0) is 38.8 Å². The van der Waals surface area contributed by atoms with E-state index in [0.29, 0.717) is 19.1 Å². The van der Waals surface area contributed by atoms with E-state index in [4.69, 9.17) is 5.11 Å². The molecule has 96 valence electrons. The first-order valence-electron chi connectivity index (χ1n) is 6.45. The first-order valence-corrected chi connectivity index (χ1v) is 6.45. The number of aliphatic carboxylic acids is 1. The van der Waals surface area contributed by atoms with Crippen LogP contribution in [0.1, 0.15) is 32.1 Å². The molecule has 0 aromatic rings. The van der Waals surface area contributed by atoms with E-state index in [-0.39, 0.29) is 0 Å². The van der Waals surface area contributed by atoms with Gasteiger partial charge < -0.3 is 14.9 Å². The van der Waals surface area contributed by atoms with Gasteiger partial charge in [0.1, 0.15) is 0 Å². The molecule has 1 N–H and O–H groups in total. The standard InChI is InChI=1S/C12H20N2O3/c15-11(12(16)17)14-8-4-10(5-9-14)13-6-2-1-3-7-13/h10H,1-9H2,(H,16,17). The van der Waals surface area contributed by atoms with Gasteiger partial charge in [0.15, 0.2) is 0 Å². The van der Waals surface area contributed by atoms with Crippen LogP contribution in [0.15, 0.2) is 0 Å². The van der Waals surface area contributed by atoms with Gasteiger partial charge in [-0.15, -0.1) is 0 Å². The number of carbonyl (C=O) groups is 2. The van der Waals surface area contributed by atoms with E-state index in [1.54, 1.807) is 0 Å². The molecule has 17 heavy (non-hydrogen) atoms. The summed E-state index contributed by atoms with van der Waals surface area (Å²) in [6.45, 7) is 3.51. The quantitative estimate of drug-likeness (QED) is 0.680. The molecule has 2 saturated heterocycles. The number of piperidine rings is 2. The first kappa shape index (κ1) is 12.4. The number of hydrogen-bond donors (Lipinski definition) is 1. The summed E-state index contributed by atoms with van der Waals surface area (Å²) in [4.78, 5) is 25.8. The Labute approximate surface area is 101 Å². The van der Waals surface area contributed by atoms with Crippen molar-refractivity contribution >= 4 is 11.9 Å². The van der Waals surface area contributed by atoms with Crippen LogP contribution in [0.25, 0.3) is 0 Å². The Hall–Kier alpha value is -1.10. The van der Waals surface area contributed by atoms with Crippen molar-refractivity contribution in [1.29, 1.82) is 0 Å². The molecular weight excluding hydrogens is 220 g/mol. The Morgan fingerprint density at radius 2 is 1.53 bits per heavy atom. The average molecular weight is 240 g/mol.